The predicted molar refractivity (Wildman–Crippen MR) is 92.4 cm³/mol. The van der Waals surface area contributed by atoms with E-state index >= 15 is 0 Å². The largest absolute Gasteiger partial charge is 0.325 e. The number of anilines is 1. The van der Waals surface area contributed by atoms with Crippen LogP contribution in [0.15, 0.2) is 42.5 Å². The maximum Gasteiger partial charge on any atom is 0.238 e. The zero-order valence-corrected chi connectivity index (χ0v) is 13.9. The Hall–Kier alpha value is -1.84. The van der Waals surface area contributed by atoms with Crippen LogP contribution in [0.1, 0.15) is 29.7 Å². The van der Waals surface area contributed by atoms with Gasteiger partial charge in [0.15, 0.2) is 0 Å². The van der Waals surface area contributed by atoms with Crippen LogP contribution in [-0.4, -0.2) is 12.5 Å². The van der Waals surface area contributed by atoms with E-state index in [1.54, 1.807) is 0 Å². The minimum Gasteiger partial charge on any atom is -0.325 e. The lowest BCUT2D eigenvalue weighted by atomic mass is 10.1. The van der Waals surface area contributed by atoms with Crippen LogP contribution in [0, 0.1) is 13.8 Å². The Labute approximate surface area is 136 Å². The van der Waals surface area contributed by atoms with Gasteiger partial charge in [-0.1, -0.05) is 41.9 Å². The highest BCUT2D eigenvalue weighted by atomic mass is 35.5. The lowest BCUT2D eigenvalue weighted by molar-refractivity contribution is -0.115. The highest BCUT2D eigenvalue weighted by Crippen LogP contribution is 2.22. The summed E-state index contributed by atoms with van der Waals surface area (Å²) in [6, 6.07) is 13.5. The van der Waals surface area contributed by atoms with Gasteiger partial charge in [-0.2, -0.15) is 0 Å². The van der Waals surface area contributed by atoms with E-state index in [9.17, 15) is 4.79 Å². The molecule has 1 amide bonds. The van der Waals surface area contributed by atoms with E-state index in [4.69, 9.17) is 11.6 Å². The molecular weight excluding hydrogens is 296 g/mol. The molecule has 4 heteroatoms. The second-order valence-corrected chi connectivity index (χ2v) is 5.83. The molecule has 0 saturated heterocycles. The van der Waals surface area contributed by atoms with Gasteiger partial charge in [-0.15, -0.1) is 0 Å². The molecule has 0 unspecified atom stereocenters. The first-order valence-electron chi connectivity index (χ1n) is 7.33. The molecule has 0 heterocycles. The lowest BCUT2D eigenvalue weighted by Crippen LogP contribution is -2.30. The van der Waals surface area contributed by atoms with Crippen molar-refractivity contribution in [2.45, 2.75) is 26.8 Å². The SMILES string of the molecule is Cc1cccc(NC(=O)CN[C@H](C)c2ccccc2Cl)c1C. The number of aryl methyl sites for hydroxylation is 1. The summed E-state index contributed by atoms with van der Waals surface area (Å²) in [5.74, 6) is -0.0624. The Morgan fingerprint density at radius 2 is 1.86 bits per heavy atom. The summed E-state index contributed by atoms with van der Waals surface area (Å²) < 4.78 is 0. The lowest BCUT2D eigenvalue weighted by Gasteiger charge is -2.16. The van der Waals surface area contributed by atoms with E-state index in [2.05, 4.69) is 10.6 Å². The van der Waals surface area contributed by atoms with Gasteiger partial charge in [0.2, 0.25) is 5.91 Å². The molecule has 0 aliphatic heterocycles. The molecule has 2 N–H and O–H groups in total. The van der Waals surface area contributed by atoms with Crippen LogP contribution < -0.4 is 10.6 Å². The Morgan fingerprint density at radius 1 is 1.14 bits per heavy atom. The van der Waals surface area contributed by atoms with Crippen molar-refractivity contribution in [2.24, 2.45) is 0 Å². The highest BCUT2D eigenvalue weighted by molar-refractivity contribution is 6.31. The predicted octanol–water partition coefficient (Wildman–Crippen LogP) is 4.25. The molecule has 2 rings (SSSR count). The fourth-order valence-electron chi connectivity index (χ4n) is 2.26. The summed E-state index contributed by atoms with van der Waals surface area (Å²) in [5, 5.41) is 6.84. The summed E-state index contributed by atoms with van der Waals surface area (Å²) in [5.41, 5.74) is 4.10. The number of amides is 1. The van der Waals surface area contributed by atoms with Crippen LogP contribution in [0.4, 0.5) is 5.69 Å². The summed E-state index contributed by atoms with van der Waals surface area (Å²) >= 11 is 6.16. The van der Waals surface area contributed by atoms with Crippen LogP contribution in [-0.2, 0) is 4.79 Å². The van der Waals surface area contributed by atoms with Gasteiger partial charge < -0.3 is 10.6 Å². The second kappa shape index (κ2) is 7.43. The van der Waals surface area contributed by atoms with Crippen molar-refractivity contribution in [3.05, 3.63) is 64.2 Å². The average Bonchev–Trinajstić information content (AvgIpc) is 2.50. The number of rotatable bonds is 5. The van der Waals surface area contributed by atoms with E-state index in [0.717, 1.165) is 22.4 Å². The number of hydrogen-bond donors (Lipinski definition) is 2. The van der Waals surface area contributed by atoms with Gasteiger partial charge in [-0.3, -0.25) is 4.79 Å². The maximum absolute atomic E-state index is 12.1. The molecular formula is C18H21ClN2O. The van der Waals surface area contributed by atoms with Crippen molar-refractivity contribution in [1.29, 1.82) is 0 Å². The quantitative estimate of drug-likeness (QED) is 0.866. The Bertz CT molecular complexity index is 670. The van der Waals surface area contributed by atoms with E-state index in [1.807, 2.05) is 63.2 Å². The van der Waals surface area contributed by atoms with Crippen LogP contribution in [0.3, 0.4) is 0 Å². The third-order valence-electron chi connectivity index (χ3n) is 3.82. The zero-order chi connectivity index (χ0) is 16.1. The first-order valence-corrected chi connectivity index (χ1v) is 7.70. The summed E-state index contributed by atoms with van der Waals surface area (Å²) in [7, 11) is 0. The number of carbonyl (C=O) groups excluding carboxylic acids is 1. The molecule has 22 heavy (non-hydrogen) atoms. The number of carbonyl (C=O) groups is 1. The van der Waals surface area contributed by atoms with Crippen LogP contribution in [0.5, 0.6) is 0 Å². The van der Waals surface area contributed by atoms with Crippen molar-refractivity contribution >= 4 is 23.2 Å². The van der Waals surface area contributed by atoms with Gasteiger partial charge in [0.1, 0.15) is 0 Å². The third kappa shape index (κ3) is 4.09. The van der Waals surface area contributed by atoms with Gasteiger partial charge >= 0.3 is 0 Å². The summed E-state index contributed by atoms with van der Waals surface area (Å²) in [6.45, 7) is 6.26. The van der Waals surface area contributed by atoms with Crippen molar-refractivity contribution < 1.29 is 4.79 Å². The van der Waals surface area contributed by atoms with Crippen molar-refractivity contribution in [2.75, 3.05) is 11.9 Å². The molecule has 0 radical (unpaired) electrons. The number of nitrogens with one attached hydrogen (secondary N) is 2. The number of hydrogen-bond acceptors (Lipinski definition) is 2. The van der Waals surface area contributed by atoms with Gasteiger partial charge in [0, 0.05) is 16.8 Å². The molecule has 0 aliphatic rings. The number of halogens is 1. The topological polar surface area (TPSA) is 41.1 Å². The normalized spacial score (nSPS) is 12.0. The first kappa shape index (κ1) is 16.5. The fourth-order valence-corrected chi connectivity index (χ4v) is 2.56. The molecule has 1 atom stereocenters. The molecule has 0 spiro atoms. The monoisotopic (exact) mass is 316 g/mol. The Balaban J connectivity index is 1.93. The molecule has 2 aromatic rings. The molecule has 116 valence electrons. The second-order valence-electron chi connectivity index (χ2n) is 5.42. The van der Waals surface area contributed by atoms with Gasteiger partial charge in [0.05, 0.1) is 6.54 Å². The van der Waals surface area contributed by atoms with Crippen LogP contribution in [0.2, 0.25) is 5.02 Å². The number of benzene rings is 2. The molecule has 3 nitrogen and oxygen atoms in total. The van der Waals surface area contributed by atoms with Crippen molar-refractivity contribution in [3.63, 3.8) is 0 Å². The van der Waals surface area contributed by atoms with Gasteiger partial charge in [0.25, 0.3) is 0 Å². The molecule has 0 aromatic heterocycles. The molecule has 2 aromatic carbocycles. The van der Waals surface area contributed by atoms with Crippen molar-refractivity contribution in [1.82, 2.24) is 5.32 Å². The Kier molecular flexibility index (Phi) is 5.58. The van der Waals surface area contributed by atoms with Crippen molar-refractivity contribution in [3.8, 4) is 0 Å². The maximum atomic E-state index is 12.1. The van der Waals surface area contributed by atoms with E-state index < -0.39 is 0 Å². The summed E-state index contributed by atoms with van der Waals surface area (Å²) in [4.78, 5) is 12.1. The standard InChI is InChI=1S/C18H21ClN2O/c1-12-7-6-10-17(13(12)2)21-18(22)11-20-14(3)15-8-4-5-9-16(15)19/h4-10,14,20H,11H2,1-3H3,(H,21,22)/t14-/m1/s1. The molecule has 0 fully saturated rings. The highest BCUT2D eigenvalue weighted by Gasteiger charge is 2.11. The minimum absolute atomic E-state index is 0.0121. The smallest absolute Gasteiger partial charge is 0.238 e. The summed E-state index contributed by atoms with van der Waals surface area (Å²) in [6.07, 6.45) is 0. The zero-order valence-electron chi connectivity index (χ0n) is 13.1. The minimum atomic E-state index is -0.0624. The molecule has 0 aliphatic carbocycles. The van der Waals surface area contributed by atoms with E-state index in [1.165, 1.54) is 0 Å². The third-order valence-corrected chi connectivity index (χ3v) is 4.16. The van der Waals surface area contributed by atoms with E-state index in [0.29, 0.717) is 5.02 Å². The molecule has 0 saturated carbocycles. The van der Waals surface area contributed by atoms with E-state index in [-0.39, 0.29) is 18.5 Å². The average molecular weight is 317 g/mol. The fraction of sp³-hybridized carbons (Fsp3) is 0.278. The first-order chi connectivity index (χ1) is 10.5. The van der Waals surface area contributed by atoms with Gasteiger partial charge in [-0.25, -0.2) is 0 Å². The van der Waals surface area contributed by atoms with Gasteiger partial charge in [-0.05, 0) is 49.6 Å². The van der Waals surface area contributed by atoms with Crippen LogP contribution >= 0.6 is 11.6 Å². The molecule has 0 bridgehead atoms. The van der Waals surface area contributed by atoms with Crippen LogP contribution in [0.25, 0.3) is 0 Å². The Morgan fingerprint density at radius 3 is 2.59 bits per heavy atom.